The molecule has 0 aliphatic rings. The van der Waals surface area contributed by atoms with Gasteiger partial charge >= 0.3 is 0 Å². The van der Waals surface area contributed by atoms with E-state index in [0.29, 0.717) is 28.6 Å². The second kappa shape index (κ2) is 5.12. The molecule has 1 aromatic carbocycles. The lowest BCUT2D eigenvalue weighted by Gasteiger charge is -2.08. The molecule has 0 amide bonds. The molecule has 3 rings (SSSR count). The Balaban J connectivity index is 1.90. The maximum atomic E-state index is 13.5. The summed E-state index contributed by atoms with van der Waals surface area (Å²) in [6.07, 6.45) is 1.51. The van der Waals surface area contributed by atoms with E-state index in [9.17, 15) is 4.39 Å². The molecule has 7 heteroatoms. The van der Waals surface area contributed by atoms with E-state index in [4.69, 9.17) is 4.74 Å². The summed E-state index contributed by atoms with van der Waals surface area (Å²) in [5, 5.41) is 2.83. The Morgan fingerprint density at radius 2 is 2.15 bits per heavy atom. The predicted octanol–water partition coefficient (Wildman–Crippen LogP) is 2.11. The smallest absolute Gasteiger partial charge is 0.245 e. The molecule has 0 atom stereocenters. The van der Waals surface area contributed by atoms with Crippen LogP contribution in [0.2, 0.25) is 0 Å². The van der Waals surface area contributed by atoms with Gasteiger partial charge < -0.3 is 15.0 Å². The summed E-state index contributed by atoms with van der Waals surface area (Å²) in [4.78, 5) is 15.3. The molecular formula is C13H12FN5O. The highest BCUT2D eigenvalue weighted by Crippen LogP contribution is 2.22. The molecule has 0 radical (unpaired) electrons. The quantitative estimate of drug-likeness (QED) is 0.761. The number of anilines is 1. The minimum absolute atomic E-state index is 0.0843. The van der Waals surface area contributed by atoms with Crippen molar-refractivity contribution >= 4 is 17.1 Å². The number of fused-ring (bicyclic) bond motifs is 1. The fraction of sp³-hybridized carbons (Fsp3) is 0.154. The van der Waals surface area contributed by atoms with Crippen LogP contribution in [0.3, 0.4) is 0 Å². The molecule has 20 heavy (non-hydrogen) atoms. The normalized spacial score (nSPS) is 10.7. The molecule has 0 fully saturated rings. The lowest BCUT2D eigenvalue weighted by atomic mass is 10.2. The highest BCUT2D eigenvalue weighted by molar-refractivity contribution is 5.76. The maximum Gasteiger partial charge on any atom is 0.245 e. The lowest BCUT2D eigenvalue weighted by molar-refractivity contribution is 0.291. The van der Waals surface area contributed by atoms with E-state index in [0.717, 1.165) is 0 Å². The summed E-state index contributed by atoms with van der Waals surface area (Å²) in [6, 6.07) is 6.45. The van der Waals surface area contributed by atoms with Crippen molar-refractivity contribution in [3.05, 3.63) is 42.0 Å². The van der Waals surface area contributed by atoms with Gasteiger partial charge in [-0.05, 0) is 6.07 Å². The second-order valence-electron chi connectivity index (χ2n) is 4.08. The minimum Gasteiger partial charge on any atom is -0.471 e. The van der Waals surface area contributed by atoms with Crippen LogP contribution in [0.5, 0.6) is 5.88 Å². The van der Waals surface area contributed by atoms with Gasteiger partial charge in [0.15, 0.2) is 5.65 Å². The van der Waals surface area contributed by atoms with Gasteiger partial charge in [0, 0.05) is 12.6 Å². The van der Waals surface area contributed by atoms with E-state index >= 15 is 0 Å². The number of aromatic amines is 1. The Bertz CT molecular complexity index is 742. The topological polar surface area (TPSA) is 75.7 Å². The third kappa shape index (κ3) is 2.25. The number of hydrogen-bond donors (Lipinski definition) is 2. The van der Waals surface area contributed by atoms with Crippen molar-refractivity contribution in [1.29, 1.82) is 0 Å². The first kappa shape index (κ1) is 12.3. The molecule has 102 valence electrons. The molecule has 0 bridgehead atoms. The van der Waals surface area contributed by atoms with Gasteiger partial charge in [-0.3, -0.25) is 0 Å². The zero-order chi connectivity index (χ0) is 13.9. The molecule has 0 aliphatic carbocycles. The fourth-order valence-corrected chi connectivity index (χ4v) is 1.78. The second-order valence-corrected chi connectivity index (χ2v) is 4.08. The third-order valence-electron chi connectivity index (χ3n) is 2.80. The third-order valence-corrected chi connectivity index (χ3v) is 2.80. The van der Waals surface area contributed by atoms with Crippen molar-refractivity contribution in [3.8, 4) is 5.88 Å². The monoisotopic (exact) mass is 273 g/mol. The Hall–Kier alpha value is -2.70. The van der Waals surface area contributed by atoms with Gasteiger partial charge in [-0.15, -0.1) is 0 Å². The summed E-state index contributed by atoms with van der Waals surface area (Å²) >= 11 is 0. The summed E-state index contributed by atoms with van der Waals surface area (Å²) in [7, 11) is 1.70. The Labute approximate surface area is 114 Å². The van der Waals surface area contributed by atoms with Crippen LogP contribution in [0.25, 0.3) is 11.2 Å². The number of halogens is 1. The zero-order valence-corrected chi connectivity index (χ0v) is 10.7. The standard InChI is InChI=1S/C13H12FN5O/c1-15-13-18-11-10(16-7-17-11)12(19-13)20-6-8-4-2-3-5-9(8)14/h2-5,7H,6H2,1H3,(H2,15,16,17,18,19). The van der Waals surface area contributed by atoms with Crippen LogP contribution in [-0.4, -0.2) is 27.0 Å². The number of nitrogens with one attached hydrogen (secondary N) is 2. The number of nitrogens with zero attached hydrogens (tertiary/aromatic N) is 3. The Morgan fingerprint density at radius 3 is 2.95 bits per heavy atom. The number of rotatable bonds is 4. The first-order valence-corrected chi connectivity index (χ1v) is 6.03. The van der Waals surface area contributed by atoms with Crippen molar-refractivity contribution in [2.24, 2.45) is 0 Å². The van der Waals surface area contributed by atoms with E-state index in [-0.39, 0.29) is 12.4 Å². The Morgan fingerprint density at radius 1 is 1.30 bits per heavy atom. The van der Waals surface area contributed by atoms with Crippen LogP contribution < -0.4 is 10.1 Å². The largest absolute Gasteiger partial charge is 0.471 e. The summed E-state index contributed by atoms with van der Waals surface area (Å²) < 4.78 is 19.1. The molecular weight excluding hydrogens is 261 g/mol. The summed E-state index contributed by atoms with van der Waals surface area (Å²) in [6.45, 7) is 0.0843. The van der Waals surface area contributed by atoms with Gasteiger partial charge in [0.1, 0.15) is 17.9 Å². The van der Waals surface area contributed by atoms with Crippen LogP contribution in [-0.2, 0) is 6.61 Å². The van der Waals surface area contributed by atoms with Crippen LogP contribution in [0.15, 0.2) is 30.6 Å². The van der Waals surface area contributed by atoms with Gasteiger partial charge in [0.2, 0.25) is 11.8 Å². The number of ether oxygens (including phenoxy) is 1. The van der Waals surface area contributed by atoms with Gasteiger partial charge in [-0.2, -0.15) is 9.97 Å². The predicted molar refractivity (Wildman–Crippen MR) is 72.0 cm³/mol. The first-order valence-electron chi connectivity index (χ1n) is 6.03. The van der Waals surface area contributed by atoms with Crippen LogP contribution in [0, 0.1) is 5.82 Å². The molecule has 2 aromatic heterocycles. The molecule has 0 saturated carbocycles. The first-order chi connectivity index (χ1) is 9.78. The molecule has 0 unspecified atom stereocenters. The number of H-pyrrole nitrogens is 1. The van der Waals surface area contributed by atoms with E-state index in [2.05, 4.69) is 25.3 Å². The molecule has 0 saturated heterocycles. The van der Waals surface area contributed by atoms with Crippen LogP contribution >= 0.6 is 0 Å². The van der Waals surface area contributed by atoms with Crippen LogP contribution in [0.1, 0.15) is 5.56 Å². The van der Waals surface area contributed by atoms with Crippen molar-refractivity contribution in [2.75, 3.05) is 12.4 Å². The fourth-order valence-electron chi connectivity index (χ4n) is 1.78. The molecule has 0 aliphatic heterocycles. The van der Waals surface area contributed by atoms with Gasteiger partial charge in [-0.1, -0.05) is 18.2 Å². The van der Waals surface area contributed by atoms with Gasteiger partial charge in [-0.25, -0.2) is 9.37 Å². The van der Waals surface area contributed by atoms with Crippen molar-refractivity contribution in [2.45, 2.75) is 6.61 Å². The summed E-state index contributed by atoms with van der Waals surface area (Å²) in [5.74, 6) is 0.421. The highest BCUT2D eigenvalue weighted by Gasteiger charge is 2.11. The number of aromatic nitrogens is 4. The Kier molecular flexibility index (Phi) is 3.16. The van der Waals surface area contributed by atoms with Crippen molar-refractivity contribution in [1.82, 2.24) is 19.9 Å². The highest BCUT2D eigenvalue weighted by atomic mass is 19.1. The van der Waals surface area contributed by atoms with Gasteiger partial charge in [0.05, 0.1) is 6.33 Å². The molecule has 2 N–H and O–H groups in total. The molecule has 0 spiro atoms. The van der Waals surface area contributed by atoms with E-state index < -0.39 is 0 Å². The molecule has 6 nitrogen and oxygen atoms in total. The maximum absolute atomic E-state index is 13.5. The van der Waals surface area contributed by atoms with E-state index in [1.54, 1.807) is 25.2 Å². The van der Waals surface area contributed by atoms with E-state index in [1.807, 2.05) is 0 Å². The van der Waals surface area contributed by atoms with Crippen molar-refractivity contribution in [3.63, 3.8) is 0 Å². The average Bonchev–Trinajstić information content (AvgIpc) is 2.94. The van der Waals surface area contributed by atoms with Crippen molar-refractivity contribution < 1.29 is 9.13 Å². The summed E-state index contributed by atoms with van der Waals surface area (Å²) in [5.41, 5.74) is 1.54. The molecule has 2 heterocycles. The molecule has 3 aromatic rings. The van der Waals surface area contributed by atoms with Gasteiger partial charge in [0.25, 0.3) is 0 Å². The minimum atomic E-state index is -0.309. The van der Waals surface area contributed by atoms with E-state index in [1.165, 1.54) is 12.4 Å². The van der Waals surface area contributed by atoms with Crippen LogP contribution in [0.4, 0.5) is 10.3 Å². The number of benzene rings is 1. The average molecular weight is 273 g/mol. The number of hydrogen-bond acceptors (Lipinski definition) is 5. The lowest BCUT2D eigenvalue weighted by Crippen LogP contribution is -2.03. The SMILES string of the molecule is CNc1nc(OCc2ccccc2F)c2[nH]cnc2n1. The number of imidazole rings is 1. The zero-order valence-electron chi connectivity index (χ0n) is 10.7.